The summed E-state index contributed by atoms with van der Waals surface area (Å²) in [6.45, 7) is 3.52. The number of rotatable bonds is 4. The molecule has 1 nitrogen and oxygen atoms in total. The van der Waals surface area contributed by atoms with Gasteiger partial charge < -0.3 is 5.11 Å². The van der Waals surface area contributed by atoms with Gasteiger partial charge in [-0.3, -0.25) is 0 Å². The van der Waals surface area contributed by atoms with Gasteiger partial charge in [-0.15, -0.1) is 6.58 Å². The topological polar surface area (TPSA) is 20.2 Å². The number of hydrogen-bond acceptors (Lipinski definition) is 1. The summed E-state index contributed by atoms with van der Waals surface area (Å²) in [6, 6.07) is 6.10. The molecule has 0 aliphatic heterocycles. The third-order valence-electron chi connectivity index (χ3n) is 1.79. The molecular weight excluding hydrogens is 179 g/mol. The first-order chi connectivity index (χ1) is 6.72. The Morgan fingerprint density at radius 3 is 2.57 bits per heavy atom. The van der Waals surface area contributed by atoms with E-state index in [4.69, 9.17) is 0 Å². The van der Waals surface area contributed by atoms with Crippen LogP contribution in [0.25, 0.3) is 6.08 Å². The lowest BCUT2D eigenvalue weighted by Crippen LogP contribution is -1.98. The maximum Gasteiger partial charge on any atom is 0.123 e. The highest BCUT2D eigenvalue weighted by atomic mass is 19.1. The zero-order chi connectivity index (χ0) is 10.4. The molecule has 0 aliphatic rings. The molecule has 1 N–H and O–H groups in total. The molecule has 1 aromatic carbocycles. The third kappa shape index (κ3) is 3.54. The van der Waals surface area contributed by atoms with E-state index in [1.54, 1.807) is 30.4 Å². The van der Waals surface area contributed by atoms with E-state index in [0.29, 0.717) is 6.42 Å². The van der Waals surface area contributed by atoms with Crippen molar-refractivity contribution in [3.8, 4) is 0 Å². The molecule has 2 heteroatoms. The van der Waals surface area contributed by atoms with Crippen LogP contribution in [0, 0.1) is 5.82 Å². The van der Waals surface area contributed by atoms with Crippen LogP contribution in [0.5, 0.6) is 0 Å². The number of aliphatic hydroxyl groups is 1. The van der Waals surface area contributed by atoms with E-state index in [0.717, 1.165) is 5.56 Å². The smallest absolute Gasteiger partial charge is 0.123 e. The van der Waals surface area contributed by atoms with E-state index in [-0.39, 0.29) is 5.82 Å². The van der Waals surface area contributed by atoms with E-state index < -0.39 is 6.10 Å². The Kier molecular flexibility index (Phi) is 4.08. The molecule has 14 heavy (non-hydrogen) atoms. The standard InChI is InChI=1S/C12H13FO/c1-2-3-12(14)9-6-10-4-7-11(13)8-5-10/h2,4-9,12,14H,1,3H2/b9-6+/t12-/m1/s1. The summed E-state index contributed by atoms with van der Waals surface area (Å²) < 4.78 is 12.5. The highest BCUT2D eigenvalue weighted by Gasteiger charge is 1.94. The quantitative estimate of drug-likeness (QED) is 0.727. The minimum absolute atomic E-state index is 0.256. The molecule has 0 saturated heterocycles. The molecule has 1 aromatic rings. The van der Waals surface area contributed by atoms with Crippen molar-refractivity contribution in [2.75, 3.05) is 0 Å². The Morgan fingerprint density at radius 2 is 2.00 bits per heavy atom. The van der Waals surface area contributed by atoms with E-state index in [1.165, 1.54) is 12.1 Å². The molecule has 0 fully saturated rings. The average molecular weight is 192 g/mol. The SMILES string of the molecule is C=CC[C@@H](O)/C=C/c1ccc(F)cc1. The molecule has 0 heterocycles. The van der Waals surface area contributed by atoms with Crippen LogP contribution in [-0.4, -0.2) is 11.2 Å². The second kappa shape index (κ2) is 5.35. The first-order valence-corrected chi connectivity index (χ1v) is 4.45. The van der Waals surface area contributed by atoms with Crippen molar-refractivity contribution in [3.63, 3.8) is 0 Å². The average Bonchev–Trinajstić information content (AvgIpc) is 2.17. The fraction of sp³-hybridized carbons (Fsp3) is 0.167. The molecule has 0 radical (unpaired) electrons. The highest BCUT2D eigenvalue weighted by molar-refractivity contribution is 5.49. The molecular formula is C12H13FO. The third-order valence-corrected chi connectivity index (χ3v) is 1.79. The van der Waals surface area contributed by atoms with Gasteiger partial charge in [-0.2, -0.15) is 0 Å². The van der Waals surface area contributed by atoms with Gasteiger partial charge >= 0.3 is 0 Å². The van der Waals surface area contributed by atoms with Crippen LogP contribution < -0.4 is 0 Å². The summed E-state index contributed by atoms with van der Waals surface area (Å²) in [5.74, 6) is -0.256. The van der Waals surface area contributed by atoms with Crippen molar-refractivity contribution < 1.29 is 9.50 Å². The molecule has 1 atom stereocenters. The van der Waals surface area contributed by atoms with Gasteiger partial charge in [-0.1, -0.05) is 30.4 Å². The van der Waals surface area contributed by atoms with Crippen LogP contribution in [-0.2, 0) is 0 Å². The van der Waals surface area contributed by atoms with Gasteiger partial charge in [0.15, 0.2) is 0 Å². The minimum Gasteiger partial charge on any atom is -0.389 e. The van der Waals surface area contributed by atoms with Gasteiger partial charge in [0.25, 0.3) is 0 Å². The maximum absolute atomic E-state index is 12.5. The Hall–Kier alpha value is -1.41. The lowest BCUT2D eigenvalue weighted by molar-refractivity contribution is 0.228. The summed E-state index contributed by atoms with van der Waals surface area (Å²) in [7, 11) is 0. The predicted octanol–water partition coefficient (Wildman–Crippen LogP) is 2.78. The van der Waals surface area contributed by atoms with E-state index in [2.05, 4.69) is 6.58 Å². The summed E-state index contributed by atoms with van der Waals surface area (Å²) in [5.41, 5.74) is 0.870. The Labute approximate surface area is 83.2 Å². The van der Waals surface area contributed by atoms with Crippen molar-refractivity contribution in [3.05, 3.63) is 54.4 Å². The number of benzene rings is 1. The second-order valence-corrected chi connectivity index (χ2v) is 3.00. The van der Waals surface area contributed by atoms with Gasteiger partial charge in [0, 0.05) is 0 Å². The van der Waals surface area contributed by atoms with Crippen LogP contribution in [0.2, 0.25) is 0 Å². The van der Waals surface area contributed by atoms with Crippen molar-refractivity contribution >= 4 is 6.08 Å². The van der Waals surface area contributed by atoms with E-state index in [9.17, 15) is 9.50 Å². The Balaban J connectivity index is 2.59. The lowest BCUT2D eigenvalue weighted by atomic mass is 10.1. The molecule has 0 bridgehead atoms. The number of hydrogen-bond donors (Lipinski definition) is 1. The van der Waals surface area contributed by atoms with Crippen molar-refractivity contribution in [1.29, 1.82) is 0 Å². The first kappa shape index (κ1) is 10.7. The Bertz CT molecular complexity index is 314. The molecule has 0 spiro atoms. The van der Waals surface area contributed by atoms with Crippen molar-refractivity contribution in [2.45, 2.75) is 12.5 Å². The predicted molar refractivity (Wildman–Crippen MR) is 56.3 cm³/mol. The van der Waals surface area contributed by atoms with Crippen LogP contribution in [0.4, 0.5) is 4.39 Å². The minimum atomic E-state index is -0.516. The summed E-state index contributed by atoms with van der Waals surface area (Å²) in [5, 5.41) is 9.33. The molecule has 0 saturated carbocycles. The number of aliphatic hydroxyl groups excluding tert-OH is 1. The molecule has 0 unspecified atom stereocenters. The fourth-order valence-corrected chi connectivity index (χ4v) is 1.05. The zero-order valence-corrected chi connectivity index (χ0v) is 7.86. The lowest BCUT2D eigenvalue weighted by Gasteiger charge is -1.99. The highest BCUT2D eigenvalue weighted by Crippen LogP contribution is 2.06. The maximum atomic E-state index is 12.5. The summed E-state index contributed by atoms with van der Waals surface area (Å²) in [4.78, 5) is 0. The van der Waals surface area contributed by atoms with Crippen LogP contribution >= 0.6 is 0 Å². The van der Waals surface area contributed by atoms with Gasteiger partial charge in [-0.05, 0) is 24.1 Å². The summed E-state index contributed by atoms with van der Waals surface area (Å²) >= 11 is 0. The van der Waals surface area contributed by atoms with Crippen LogP contribution in [0.15, 0.2) is 43.0 Å². The van der Waals surface area contributed by atoms with Crippen molar-refractivity contribution in [2.24, 2.45) is 0 Å². The monoisotopic (exact) mass is 192 g/mol. The normalized spacial score (nSPS) is 13.0. The van der Waals surface area contributed by atoms with Gasteiger partial charge in [0.1, 0.15) is 5.82 Å². The first-order valence-electron chi connectivity index (χ1n) is 4.45. The van der Waals surface area contributed by atoms with E-state index in [1.807, 2.05) is 0 Å². The fourth-order valence-electron chi connectivity index (χ4n) is 1.05. The van der Waals surface area contributed by atoms with Gasteiger partial charge in [-0.25, -0.2) is 4.39 Å². The Morgan fingerprint density at radius 1 is 1.36 bits per heavy atom. The van der Waals surface area contributed by atoms with Gasteiger partial charge in [0.05, 0.1) is 6.10 Å². The van der Waals surface area contributed by atoms with Gasteiger partial charge in [0.2, 0.25) is 0 Å². The van der Waals surface area contributed by atoms with Crippen LogP contribution in [0.3, 0.4) is 0 Å². The van der Waals surface area contributed by atoms with Crippen molar-refractivity contribution in [1.82, 2.24) is 0 Å². The molecule has 0 aromatic heterocycles. The largest absolute Gasteiger partial charge is 0.389 e. The molecule has 1 rings (SSSR count). The van der Waals surface area contributed by atoms with E-state index >= 15 is 0 Å². The summed E-state index contributed by atoms with van der Waals surface area (Å²) in [6.07, 6.45) is 5.08. The van der Waals surface area contributed by atoms with Crippen LogP contribution in [0.1, 0.15) is 12.0 Å². The number of halogens is 1. The zero-order valence-electron chi connectivity index (χ0n) is 7.86. The second-order valence-electron chi connectivity index (χ2n) is 3.00. The molecule has 74 valence electrons. The molecule has 0 aliphatic carbocycles. The molecule has 0 amide bonds.